The van der Waals surface area contributed by atoms with Gasteiger partial charge in [0.1, 0.15) is 6.04 Å². The van der Waals surface area contributed by atoms with Crippen molar-refractivity contribution in [1.82, 2.24) is 4.90 Å². The first-order valence-corrected chi connectivity index (χ1v) is 14.7. The molecule has 1 aromatic carbocycles. The summed E-state index contributed by atoms with van der Waals surface area (Å²) in [6, 6.07) is 6.26. The molecule has 2 amide bonds. The van der Waals surface area contributed by atoms with Crippen molar-refractivity contribution in [2.45, 2.75) is 46.5 Å². The highest BCUT2D eigenvalue weighted by Crippen LogP contribution is 2.68. The number of carbonyl (C=O) groups excluding carboxylic acids is 3. The molecule has 4 rings (SSSR count). The number of carbonyl (C=O) groups is 3. The molecule has 3 aliphatic rings. The van der Waals surface area contributed by atoms with Crippen LogP contribution in [0.2, 0.25) is 5.02 Å². The lowest BCUT2D eigenvalue weighted by molar-refractivity contribution is -0.154. The number of allylic oxidation sites excluding steroid dienone is 1. The minimum atomic E-state index is -0.818. The van der Waals surface area contributed by atoms with Gasteiger partial charge in [-0.15, -0.1) is 24.9 Å². The number of anilines is 1. The second kappa shape index (κ2) is 11.9. The predicted octanol–water partition coefficient (Wildman–Crippen LogP) is 4.22. The molecule has 10 heteroatoms. The van der Waals surface area contributed by atoms with E-state index in [0.717, 1.165) is 6.42 Å². The van der Waals surface area contributed by atoms with E-state index in [1.165, 1.54) is 0 Å². The molecule has 200 valence electrons. The maximum atomic E-state index is 14.4. The van der Waals surface area contributed by atoms with E-state index in [4.69, 9.17) is 16.3 Å². The molecule has 7 nitrogen and oxygen atoms in total. The summed E-state index contributed by atoms with van der Waals surface area (Å²) in [5.41, 5.74) is 0.537. The minimum absolute atomic E-state index is 0.0477. The Kier molecular flexibility index (Phi) is 9.09. The topological polar surface area (TPSA) is 87.1 Å². The summed E-state index contributed by atoms with van der Waals surface area (Å²) in [6.45, 7) is 8.08. The van der Waals surface area contributed by atoms with Gasteiger partial charge in [0.05, 0.1) is 33.9 Å². The number of para-hydroxylation sites is 1. The molecule has 1 aromatic rings. The van der Waals surface area contributed by atoms with Crippen LogP contribution in [0.4, 0.5) is 5.69 Å². The zero-order chi connectivity index (χ0) is 26.7. The first-order chi connectivity index (χ1) is 17.8. The fraction of sp³-hybridized carbons (Fsp3) is 0.519. The molecule has 3 fully saturated rings. The van der Waals surface area contributed by atoms with Crippen LogP contribution in [-0.2, 0) is 19.1 Å². The van der Waals surface area contributed by atoms with Gasteiger partial charge in [0.15, 0.2) is 0 Å². The minimum Gasteiger partial charge on any atom is -0.465 e. The SMILES string of the molecule is C=CCCCOC(=O)[C@H]1[C@H]2C(=O)N(CCCO)C(C(=O)N(CC=C)c3ccccc3Cl)C23CC(Br)[C@@H]1S3. The standard InChI is InChI=1S/C27H32BrClN2O5S/c1-3-5-8-15-36-26(35)20-21-24(33)31(13-9-14-32)23(27(21)16-17(28)22(20)37-27)25(34)30(12-4-2)19-11-7-6-10-18(19)29/h3-4,6-7,10-11,17,20-23,32H,1-2,5,8-9,12-16H2/t17?,20-,21-,22-,23?,27?/m0/s1. The number of alkyl halides is 1. The highest BCUT2D eigenvalue weighted by molar-refractivity contribution is 9.09. The van der Waals surface area contributed by atoms with Crippen LogP contribution < -0.4 is 4.90 Å². The van der Waals surface area contributed by atoms with Crippen LogP contribution in [0.1, 0.15) is 25.7 Å². The van der Waals surface area contributed by atoms with Crippen molar-refractivity contribution in [3.8, 4) is 0 Å². The van der Waals surface area contributed by atoms with E-state index in [-0.39, 0.29) is 48.2 Å². The molecular weight excluding hydrogens is 580 g/mol. The van der Waals surface area contributed by atoms with E-state index >= 15 is 0 Å². The Morgan fingerprint density at radius 3 is 2.73 bits per heavy atom. The lowest BCUT2D eigenvalue weighted by atomic mass is 9.71. The van der Waals surface area contributed by atoms with Gasteiger partial charge in [0.2, 0.25) is 5.91 Å². The van der Waals surface area contributed by atoms with Gasteiger partial charge >= 0.3 is 5.97 Å². The Bertz CT molecular complexity index is 1070. The number of amides is 2. The number of unbranched alkanes of at least 4 members (excludes halogenated alkanes) is 1. The number of likely N-dealkylation sites (tertiary alicyclic amines) is 1. The lowest BCUT2D eigenvalue weighted by Crippen LogP contribution is -2.55. The molecule has 0 radical (unpaired) electrons. The molecular formula is C27H32BrClN2O5S. The molecule has 0 aromatic heterocycles. The third-order valence-electron chi connectivity index (χ3n) is 7.37. The first kappa shape index (κ1) is 28.2. The Morgan fingerprint density at radius 2 is 2.05 bits per heavy atom. The number of halogens is 2. The van der Waals surface area contributed by atoms with Crippen molar-refractivity contribution < 1.29 is 24.2 Å². The highest BCUT2D eigenvalue weighted by Gasteiger charge is 2.76. The van der Waals surface area contributed by atoms with Gasteiger partial charge in [-0.05, 0) is 37.8 Å². The van der Waals surface area contributed by atoms with E-state index in [0.29, 0.717) is 30.0 Å². The number of fused-ring (bicyclic) bond motifs is 1. The van der Waals surface area contributed by atoms with Crippen LogP contribution in [0.15, 0.2) is 49.6 Å². The van der Waals surface area contributed by atoms with Crippen molar-refractivity contribution in [3.63, 3.8) is 0 Å². The van der Waals surface area contributed by atoms with Crippen LogP contribution in [0.25, 0.3) is 0 Å². The molecule has 6 atom stereocenters. The van der Waals surface area contributed by atoms with Gasteiger partial charge in [-0.3, -0.25) is 14.4 Å². The average Bonchev–Trinajstić information content (AvgIpc) is 3.47. The van der Waals surface area contributed by atoms with Crippen LogP contribution >= 0.6 is 39.3 Å². The van der Waals surface area contributed by atoms with E-state index in [1.807, 2.05) is 0 Å². The summed E-state index contributed by atoms with van der Waals surface area (Å²) in [4.78, 5) is 44.7. The number of ether oxygens (including phenoxy) is 1. The molecule has 3 saturated heterocycles. The fourth-order valence-corrected chi connectivity index (χ4v) is 9.74. The van der Waals surface area contributed by atoms with Crippen LogP contribution in [0.3, 0.4) is 0 Å². The summed E-state index contributed by atoms with van der Waals surface area (Å²) in [6.07, 6.45) is 5.69. The molecule has 2 bridgehead atoms. The zero-order valence-electron chi connectivity index (χ0n) is 20.6. The average molecular weight is 612 g/mol. The number of benzene rings is 1. The van der Waals surface area contributed by atoms with Gasteiger partial charge < -0.3 is 19.6 Å². The van der Waals surface area contributed by atoms with Crippen LogP contribution in [0.5, 0.6) is 0 Å². The van der Waals surface area contributed by atoms with Crippen molar-refractivity contribution in [2.24, 2.45) is 11.8 Å². The highest BCUT2D eigenvalue weighted by atomic mass is 79.9. The van der Waals surface area contributed by atoms with Crippen molar-refractivity contribution >= 4 is 62.8 Å². The van der Waals surface area contributed by atoms with Crippen molar-refractivity contribution in [1.29, 1.82) is 0 Å². The molecule has 0 saturated carbocycles. The smallest absolute Gasteiger partial charge is 0.310 e. The van der Waals surface area contributed by atoms with Gasteiger partial charge in [-0.1, -0.05) is 51.8 Å². The van der Waals surface area contributed by atoms with E-state index < -0.39 is 28.6 Å². The zero-order valence-corrected chi connectivity index (χ0v) is 23.7. The van der Waals surface area contributed by atoms with Gasteiger partial charge in [-0.25, -0.2) is 0 Å². The molecule has 3 aliphatic heterocycles. The quantitative estimate of drug-likeness (QED) is 0.165. The normalized spacial score (nSPS) is 29.8. The molecule has 37 heavy (non-hydrogen) atoms. The van der Waals surface area contributed by atoms with E-state index in [9.17, 15) is 19.5 Å². The monoisotopic (exact) mass is 610 g/mol. The Labute approximate surface area is 235 Å². The second-order valence-corrected chi connectivity index (χ2v) is 12.7. The van der Waals surface area contributed by atoms with Gasteiger partial charge in [-0.2, -0.15) is 0 Å². The summed E-state index contributed by atoms with van der Waals surface area (Å²) < 4.78 is 4.81. The third-order valence-corrected chi connectivity index (χ3v) is 10.9. The number of aliphatic hydroxyl groups is 1. The Hall–Kier alpha value is -1.81. The van der Waals surface area contributed by atoms with E-state index in [2.05, 4.69) is 29.1 Å². The number of esters is 1. The lowest BCUT2D eigenvalue weighted by Gasteiger charge is -2.38. The second-order valence-electron chi connectivity index (χ2n) is 9.56. The Morgan fingerprint density at radius 1 is 1.30 bits per heavy atom. The molecule has 0 aliphatic carbocycles. The fourth-order valence-electron chi connectivity index (χ4n) is 5.91. The molecule has 1 N–H and O–H groups in total. The number of nitrogens with zero attached hydrogens (tertiary/aromatic N) is 2. The summed E-state index contributed by atoms with van der Waals surface area (Å²) in [5, 5.41) is 9.78. The number of hydrogen-bond donors (Lipinski definition) is 1. The maximum absolute atomic E-state index is 14.4. The summed E-state index contributed by atoms with van der Waals surface area (Å²) in [7, 11) is 0. The predicted molar refractivity (Wildman–Crippen MR) is 150 cm³/mol. The summed E-state index contributed by atoms with van der Waals surface area (Å²) in [5.74, 6) is -2.22. The summed E-state index contributed by atoms with van der Waals surface area (Å²) >= 11 is 11.8. The molecule has 3 unspecified atom stereocenters. The number of rotatable bonds is 12. The molecule has 3 heterocycles. The number of aliphatic hydroxyl groups excluding tert-OH is 1. The molecule has 1 spiro atoms. The van der Waals surface area contributed by atoms with Crippen molar-refractivity contribution in [3.05, 3.63) is 54.6 Å². The van der Waals surface area contributed by atoms with Gasteiger partial charge in [0.25, 0.3) is 5.91 Å². The van der Waals surface area contributed by atoms with Crippen LogP contribution in [-0.4, -0.2) is 75.0 Å². The maximum Gasteiger partial charge on any atom is 0.310 e. The van der Waals surface area contributed by atoms with Crippen molar-refractivity contribution in [2.75, 3.05) is 31.2 Å². The largest absolute Gasteiger partial charge is 0.465 e. The number of hydrogen-bond acceptors (Lipinski definition) is 6. The van der Waals surface area contributed by atoms with Gasteiger partial charge in [0, 0.05) is 29.8 Å². The van der Waals surface area contributed by atoms with Crippen LogP contribution in [0, 0.1) is 11.8 Å². The third kappa shape index (κ3) is 5.00. The Balaban J connectivity index is 1.72. The number of thioether (sulfide) groups is 1. The van der Waals surface area contributed by atoms with E-state index in [1.54, 1.807) is 58.0 Å². The first-order valence-electron chi connectivity index (χ1n) is 12.5.